The Morgan fingerprint density at radius 2 is 1.96 bits per heavy atom. The van der Waals surface area contributed by atoms with Crippen LogP contribution in [0.15, 0.2) is 6.33 Å². The predicted molar refractivity (Wildman–Crippen MR) is 80.5 cm³/mol. The van der Waals surface area contributed by atoms with Crippen LogP contribution in [0.1, 0.15) is 12.1 Å². The maximum atomic E-state index is 5.92. The number of rotatable bonds is 4. The molecule has 0 aliphatic carbocycles. The summed E-state index contributed by atoms with van der Waals surface area (Å²) in [5.74, 6) is 1.34. The van der Waals surface area contributed by atoms with Gasteiger partial charge in [0.2, 0.25) is 0 Å². The van der Waals surface area contributed by atoms with Crippen molar-refractivity contribution in [3.05, 3.63) is 19.1 Å². The minimum atomic E-state index is -0.401. The van der Waals surface area contributed by atoms with Crippen molar-refractivity contribution in [1.82, 2.24) is 19.5 Å². The van der Waals surface area contributed by atoms with Gasteiger partial charge in [-0.3, -0.25) is 4.57 Å². The first-order valence-electron chi connectivity index (χ1n) is 7.03. The quantitative estimate of drug-likeness (QED) is 0.639. The molecule has 2 aromatic heterocycles. The summed E-state index contributed by atoms with van der Waals surface area (Å²) in [7, 11) is 5.05. The molecule has 0 amide bonds. The molecular weight excluding hydrogens is 470 g/mol. The van der Waals surface area contributed by atoms with E-state index in [1.807, 2.05) is 11.5 Å². The third kappa shape index (κ3) is 3.00. The fourth-order valence-electron chi connectivity index (χ4n) is 2.85. The van der Waals surface area contributed by atoms with Crippen LogP contribution in [0, 0.1) is 13.8 Å². The standard InChI is InChI=1S/C14H20N5O3.W/c1-7-10(20-4)11(21-5)14(22-7)19-6-16-9-12(15-3)17-8(2)18-13(9)19;/h6-7,10-11,14H,1H2,2-5H3,(H,15,17,18);/q-1;+2. The summed E-state index contributed by atoms with van der Waals surface area (Å²) in [5, 5.41) is 3.03. The van der Waals surface area contributed by atoms with Crippen LogP contribution in [-0.2, 0) is 35.3 Å². The number of hydrogen-bond donors (Lipinski definition) is 1. The summed E-state index contributed by atoms with van der Waals surface area (Å²) < 4.78 is 18.8. The van der Waals surface area contributed by atoms with Crippen molar-refractivity contribution in [3.8, 4) is 0 Å². The number of ether oxygens (including phenoxy) is 3. The van der Waals surface area contributed by atoms with E-state index in [-0.39, 0.29) is 39.4 Å². The second-order valence-electron chi connectivity index (χ2n) is 5.16. The SMILES string of the molecule is [CH2-]C1OC(n2cnc3c(NC)nc(C)nc32)C(OC)C1OC.[W+2]. The van der Waals surface area contributed by atoms with E-state index in [1.165, 1.54) is 0 Å². The molecule has 0 bridgehead atoms. The van der Waals surface area contributed by atoms with Gasteiger partial charge in [0.25, 0.3) is 0 Å². The summed E-state index contributed by atoms with van der Waals surface area (Å²) >= 11 is 0. The van der Waals surface area contributed by atoms with Gasteiger partial charge in [-0.2, -0.15) is 0 Å². The molecule has 4 unspecified atom stereocenters. The Labute approximate surface area is 149 Å². The molecule has 0 saturated carbocycles. The average Bonchev–Trinajstić information content (AvgIpc) is 3.06. The molecule has 3 rings (SSSR count). The molecule has 1 aliphatic rings. The van der Waals surface area contributed by atoms with Crippen LogP contribution < -0.4 is 5.32 Å². The van der Waals surface area contributed by atoms with Crippen molar-refractivity contribution in [1.29, 1.82) is 0 Å². The van der Waals surface area contributed by atoms with E-state index in [9.17, 15) is 0 Å². The fourth-order valence-corrected chi connectivity index (χ4v) is 2.85. The van der Waals surface area contributed by atoms with Gasteiger partial charge < -0.3 is 26.5 Å². The molecular formula is C14H20N5O3W+. The summed E-state index contributed by atoms with van der Waals surface area (Å²) in [4.78, 5) is 13.2. The van der Waals surface area contributed by atoms with Crippen LogP contribution in [0.4, 0.5) is 5.82 Å². The van der Waals surface area contributed by atoms with Gasteiger partial charge in [-0.25, -0.2) is 15.0 Å². The first kappa shape index (κ1) is 18.3. The zero-order valence-electron chi connectivity index (χ0n) is 13.5. The van der Waals surface area contributed by atoms with Gasteiger partial charge in [0, 0.05) is 21.3 Å². The molecule has 0 radical (unpaired) electrons. The third-order valence-corrected chi connectivity index (χ3v) is 3.87. The van der Waals surface area contributed by atoms with Crippen molar-refractivity contribution in [2.24, 2.45) is 0 Å². The first-order chi connectivity index (χ1) is 10.6. The summed E-state index contributed by atoms with van der Waals surface area (Å²) in [6.07, 6.45) is 0.407. The number of nitrogens with one attached hydrogen (secondary N) is 1. The van der Waals surface area contributed by atoms with E-state index in [4.69, 9.17) is 14.2 Å². The van der Waals surface area contributed by atoms with Crippen molar-refractivity contribution in [2.45, 2.75) is 31.5 Å². The summed E-state index contributed by atoms with van der Waals surface area (Å²) in [6, 6.07) is 0. The summed E-state index contributed by atoms with van der Waals surface area (Å²) in [6.45, 7) is 5.81. The molecule has 1 aliphatic heterocycles. The van der Waals surface area contributed by atoms with Gasteiger partial charge in [-0.15, -0.1) is 0 Å². The van der Waals surface area contributed by atoms with E-state index in [0.717, 1.165) is 0 Å². The number of hydrogen-bond acceptors (Lipinski definition) is 7. The maximum Gasteiger partial charge on any atom is 2.00 e. The molecule has 8 nitrogen and oxygen atoms in total. The first-order valence-corrected chi connectivity index (χ1v) is 7.03. The Morgan fingerprint density at radius 3 is 2.57 bits per heavy atom. The van der Waals surface area contributed by atoms with Crippen molar-refractivity contribution < 1.29 is 35.3 Å². The molecule has 0 spiro atoms. The monoisotopic (exact) mass is 490 g/mol. The normalized spacial score (nSPS) is 27.2. The molecule has 2 aromatic rings. The number of anilines is 1. The Balaban J connectivity index is 0.00000192. The average molecular weight is 490 g/mol. The maximum absolute atomic E-state index is 5.92. The van der Waals surface area contributed by atoms with Gasteiger partial charge in [-0.05, 0) is 13.0 Å². The van der Waals surface area contributed by atoms with Crippen molar-refractivity contribution in [2.75, 3.05) is 26.6 Å². The number of methoxy groups -OCH3 is 2. The second-order valence-corrected chi connectivity index (χ2v) is 5.16. The zero-order chi connectivity index (χ0) is 15.9. The van der Waals surface area contributed by atoms with Crippen LogP contribution in [0.2, 0.25) is 0 Å². The molecule has 9 heteroatoms. The van der Waals surface area contributed by atoms with Gasteiger partial charge in [0.1, 0.15) is 11.9 Å². The van der Waals surface area contributed by atoms with Gasteiger partial charge in [0.05, 0.1) is 12.4 Å². The molecule has 1 saturated heterocycles. The van der Waals surface area contributed by atoms with Crippen molar-refractivity contribution in [3.63, 3.8) is 0 Å². The van der Waals surface area contributed by atoms with Crippen LogP contribution >= 0.6 is 0 Å². The van der Waals surface area contributed by atoms with Gasteiger partial charge >= 0.3 is 21.1 Å². The smallest absolute Gasteiger partial charge is 0.381 e. The Kier molecular flexibility index (Phi) is 5.73. The minimum absolute atomic E-state index is 0. The zero-order valence-corrected chi connectivity index (χ0v) is 16.4. The van der Waals surface area contributed by atoms with E-state index < -0.39 is 6.23 Å². The van der Waals surface area contributed by atoms with E-state index in [1.54, 1.807) is 27.6 Å². The van der Waals surface area contributed by atoms with E-state index in [0.29, 0.717) is 22.8 Å². The predicted octanol–water partition coefficient (Wildman–Crippen LogP) is 0.935. The van der Waals surface area contributed by atoms with Crippen LogP contribution in [0.25, 0.3) is 11.2 Å². The summed E-state index contributed by atoms with van der Waals surface area (Å²) in [5.41, 5.74) is 1.38. The molecule has 0 aromatic carbocycles. The number of fused-ring (bicyclic) bond motifs is 1. The van der Waals surface area contributed by atoms with Gasteiger partial charge in [0.15, 0.2) is 23.2 Å². The third-order valence-electron chi connectivity index (χ3n) is 3.87. The fraction of sp³-hybridized carbons (Fsp3) is 0.571. The molecule has 124 valence electrons. The minimum Gasteiger partial charge on any atom is -0.381 e. The molecule has 1 fully saturated rings. The largest absolute Gasteiger partial charge is 2.00 e. The number of aryl methyl sites for hydroxylation is 1. The Morgan fingerprint density at radius 1 is 1.26 bits per heavy atom. The second kappa shape index (κ2) is 7.21. The van der Waals surface area contributed by atoms with Crippen molar-refractivity contribution >= 4 is 17.0 Å². The van der Waals surface area contributed by atoms with Crippen LogP contribution in [0.5, 0.6) is 0 Å². The van der Waals surface area contributed by atoms with E-state index in [2.05, 4.69) is 27.2 Å². The Bertz CT molecular complexity index is 680. The topological polar surface area (TPSA) is 83.3 Å². The van der Waals surface area contributed by atoms with Crippen LogP contribution in [-0.4, -0.2) is 59.1 Å². The van der Waals surface area contributed by atoms with E-state index >= 15 is 0 Å². The Hall–Kier alpha value is -1.08. The van der Waals surface area contributed by atoms with Gasteiger partial charge in [-0.1, -0.05) is 0 Å². The number of nitrogens with zero attached hydrogens (tertiary/aromatic N) is 4. The van der Waals surface area contributed by atoms with Crippen LogP contribution in [0.3, 0.4) is 0 Å². The molecule has 4 atom stereocenters. The number of aromatic nitrogens is 4. The molecule has 1 N–H and O–H groups in total. The number of imidazole rings is 1. The molecule has 23 heavy (non-hydrogen) atoms. The molecule has 3 heterocycles.